The van der Waals surface area contributed by atoms with Crippen molar-refractivity contribution >= 4 is 11.6 Å². The largest absolute Gasteiger partial charge is 0.0844 e. The van der Waals surface area contributed by atoms with Crippen LogP contribution in [0.25, 0.3) is 0 Å². The SMILES string of the molecule is CCCC1=C(Cl)C=CC1. The Morgan fingerprint density at radius 2 is 2.44 bits per heavy atom. The molecular formula is C8H11Cl. The third-order valence-electron chi connectivity index (χ3n) is 1.52. The highest BCUT2D eigenvalue weighted by molar-refractivity contribution is 6.31. The van der Waals surface area contributed by atoms with Gasteiger partial charge < -0.3 is 0 Å². The number of halogens is 1. The van der Waals surface area contributed by atoms with Crippen molar-refractivity contribution in [2.75, 3.05) is 0 Å². The molecule has 0 aromatic heterocycles. The number of allylic oxidation sites excluding steroid dienone is 4. The Balaban J connectivity index is 2.51. The van der Waals surface area contributed by atoms with Gasteiger partial charge in [0.2, 0.25) is 0 Å². The summed E-state index contributed by atoms with van der Waals surface area (Å²) in [5, 5.41) is 0.969. The van der Waals surface area contributed by atoms with Crippen LogP contribution in [-0.2, 0) is 0 Å². The van der Waals surface area contributed by atoms with E-state index in [2.05, 4.69) is 13.0 Å². The second-order valence-corrected chi connectivity index (χ2v) is 2.72. The van der Waals surface area contributed by atoms with E-state index in [0.29, 0.717) is 0 Å². The molecule has 0 aromatic rings. The zero-order chi connectivity index (χ0) is 6.69. The first-order chi connectivity index (χ1) is 4.34. The molecule has 0 bridgehead atoms. The fourth-order valence-electron chi connectivity index (χ4n) is 1.04. The van der Waals surface area contributed by atoms with E-state index in [9.17, 15) is 0 Å². The highest BCUT2D eigenvalue weighted by Gasteiger charge is 2.04. The van der Waals surface area contributed by atoms with Gasteiger partial charge in [-0.2, -0.15) is 0 Å². The summed E-state index contributed by atoms with van der Waals surface area (Å²) in [6.07, 6.45) is 7.55. The van der Waals surface area contributed by atoms with Crippen LogP contribution in [0.3, 0.4) is 0 Å². The molecule has 0 nitrogen and oxygen atoms in total. The Morgan fingerprint density at radius 3 is 2.89 bits per heavy atom. The molecule has 1 aliphatic carbocycles. The van der Waals surface area contributed by atoms with E-state index in [0.717, 1.165) is 17.9 Å². The van der Waals surface area contributed by atoms with Crippen molar-refractivity contribution in [1.29, 1.82) is 0 Å². The molecule has 0 amide bonds. The van der Waals surface area contributed by atoms with Crippen molar-refractivity contribution < 1.29 is 0 Å². The van der Waals surface area contributed by atoms with Crippen LogP contribution in [0, 0.1) is 0 Å². The molecule has 1 aliphatic rings. The maximum Gasteiger partial charge on any atom is 0.0398 e. The Kier molecular flexibility index (Phi) is 2.35. The van der Waals surface area contributed by atoms with E-state index in [-0.39, 0.29) is 0 Å². The third kappa shape index (κ3) is 1.59. The molecule has 0 unspecified atom stereocenters. The summed E-state index contributed by atoms with van der Waals surface area (Å²) in [4.78, 5) is 0. The van der Waals surface area contributed by atoms with Crippen LogP contribution in [0.15, 0.2) is 22.8 Å². The van der Waals surface area contributed by atoms with Crippen LogP contribution in [0.2, 0.25) is 0 Å². The smallest absolute Gasteiger partial charge is 0.0398 e. The van der Waals surface area contributed by atoms with E-state index in [1.165, 1.54) is 12.0 Å². The van der Waals surface area contributed by atoms with Gasteiger partial charge in [-0.1, -0.05) is 31.0 Å². The second kappa shape index (κ2) is 3.07. The molecule has 50 valence electrons. The Labute approximate surface area is 61.2 Å². The monoisotopic (exact) mass is 142 g/mol. The van der Waals surface area contributed by atoms with E-state index in [4.69, 9.17) is 11.6 Å². The fraction of sp³-hybridized carbons (Fsp3) is 0.500. The van der Waals surface area contributed by atoms with Crippen LogP contribution >= 0.6 is 11.6 Å². The molecule has 9 heavy (non-hydrogen) atoms. The molecular weight excluding hydrogens is 132 g/mol. The molecule has 0 N–H and O–H groups in total. The summed E-state index contributed by atoms with van der Waals surface area (Å²) in [6, 6.07) is 0. The summed E-state index contributed by atoms with van der Waals surface area (Å²) in [5.74, 6) is 0. The average molecular weight is 143 g/mol. The molecule has 0 aromatic carbocycles. The first-order valence-corrected chi connectivity index (χ1v) is 3.76. The van der Waals surface area contributed by atoms with Crippen molar-refractivity contribution in [2.24, 2.45) is 0 Å². The average Bonchev–Trinajstić information content (AvgIpc) is 2.18. The predicted octanol–water partition coefficient (Wildman–Crippen LogP) is 3.24. The number of hydrogen-bond donors (Lipinski definition) is 0. The zero-order valence-electron chi connectivity index (χ0n) is 5.65. The number of rotatable bonds is 2. The van der Waals surface area contributed by atoms with Crippen molar-refractivity contribution in [3.05, 3.63) is 22.8 Å². The van der Waals surface area contributed by atoms with Crippen molar-refractivity contribution in [3.63, 3.8) is 0 Å². The van der Waals surface area contributed by atoms with Gasteiger partial charge in [0, 0.05) is 5.03 Å². The second-order valence-electron chi connectivity index (χ2n) is 2.31. The Morgan fingerprint density at radius 1 is 1.67 bits per heavy atom. The Bertz CT molecular complexity index is 154. The first kappa shape index (κ1) is 6.88. The summed E-state index contributed by atoms with van der Waals surface area (Å²) in [7, 11) is 0. The van der Waals surface area contributed by atoms with E-state index in [1.54, 1.807) is 0 Å². The van der Waals surface area contributed by atoms with Crippen LogP contribution in [0.1, 0.15) is 26.2 Å². The third-order valence-corrected chi connectivity index (χ3v) is 1.91. The van der Waals surface area contributed by atoms with Gasteiger partial charge in [-0.05, 0) is 24.5 Å². The Hall–Kier alpha value is -0.230. The van der Waals surface area contributed by atoms with Crippen molar-refractivity contribution in [1.82, 2.24) is 0 Å². The molecule has 0 heterocycles. The van der Waals surface area contributed by atoms with Crippen LogP contribution in [0.4, 0.5) is 0 Å². The fourth-order valence-corrected chi connectivity index (χ4v) is 1.30. The maximum atomic E-state index is 5.85. The molecule has 1 heteroatoms. The molecule has 0 spiro atoms. The molecule has 0 aliphatic heterocycles. The lowest BCUT2D eigenvalue weighted by atomic mass is 10.1. The predicted molar refractivity (Wildman–Crippen MR) is 41.5 cm³/mol. The van der Waals surface area contributed by atoms with E-state index in [1.807, 2.05) is 6.08 Å². The zero-order valence-corrected chi connectivity index (χ0v) is 6.41. The number of hydrogen-bond acceptors (Lipinski definition) is 0. The van der Waals surface area contributed by atoms with Crippen molar-refractivity contribution in [3.8, 4) is 0 Å². The van der Waals surface area contributed by atoms with Gasteiger partial charge in [0.1, 0.15) is 0 Å². The minimum absolute atomic E-state index is 0.969. The van der Waals surface area contributed by atoms with Crippen LogP contribution in [0.5, 0.6) is 0 Å². The molecule has 1 rings (SSSR count). The molecule has 0 atom stereocenters. The topological polar surface area (TPSA) is 0 Å². The highest BCUT2D eigenvalue weighted by atomic mass is 35.5. The maximum absolute atomic E-state index is 5.85. The van der Waals surface area contributed by atoms with Gasteiger partial charge in [-0.25, -0.2) is 0 Å². The molecule has 0 radical (unpaired) electrons. The summed E-state index contributed by atoms with van der Waals surface area (Å²) < 4.78 is 0. The lowest BCUT2D eigenvalue weighted by molar-refractivity contribution is 0.885. The van der Waals surface area contributed by atoms with E-state index < -0.39 is 0 Å². The van der Waals surface area contributed by atoms with Crippen LogP contribution in [-0.4, -0.2) is 0 Å². The summed E-state index contributed by atoms with van der Waals surface area (Å²) >= 11 is 5.85. The molecule has 0 fully saturated rings. The van der Waals surface area contributed by atoms with Crippen LogP contribution < -0.4 is 0 Å². The quantitative estimate of drug-likeness (QED) is 0.555. The van der Waals surface area contributed by atoms with Gasteiger partial charge in [-0.15, -0.1) is 0 Å². The van der Waals surface area contributed by atoms with Gasteiger partial charge >= 0.3 is 0 Å². The van der Waals surface area contributed by atoms with Gasteiger partial charge in [0.05, 0.1) is 0 Å². The minimum Gasteiger partial charge on any atom is -0.0844 e. The summed E-state index contributed by atoms with van der Waals surface area (Å²) in [6.45, 7) is 2.18. The normalized spacial score (nSPS) is 17.6. The lowest BCUT2D eigenvalue weighted by Gasteiger charge is -1.96. The lowest BCUT2D eigenvalue weighted by Crippen LogP contribution is -1.77. The molecule has 0 saturated heterocycles. The highest BCUT2D eigenvalue weighted by Crippen LogP contribution is 2.25. The van der Waals surface area contributed by atoms with Gasteiger partial charge in [-0.3, -0.25) is 0 Å². The summed E-state index contributed by atoms with van der Waals surface area (Å²) in [5.41, 5.74) is 1.40. The molecule has 0 saturated carbocycles. The first-order valence-electron chi connectivity index (χ1n) is 3.38. The van der Waals surface area contributed by atoms with Gasteiger partial charge in [0.15, 0.2) is 0 Å². The van der Waals surface area contributed by atoms with E-state index >= 15 is 0 Å². The minimum atomic E-state index is 0.969. The van der Waals surface area contributed by atoms with Crippen molar-refractivity contribution in [2.45, 2.75) is 26.2 Å². The standard InChI is InChI=1S/C8H11Cl/c1-2-4-7-5-3-6-8(7)9/h3,6H,2,4-5H2,1H3. The van der Waals surface area contributed by atoms with Gasteiger partial charge in [0.25, 0.3) is 0 Å².